The van der Waals surface area contributed by atoms with Crippen molar-refractivity contribution < 1.29 is 34.1 Å². The Hall–Kier alpha value is -4.41. The predicted octanol–water partition coefficient (Wildman–Crippen LogP) is 1.29. The first kappa shape index (κ1) is 24.2. The fraction of sp³-hybridized carbons (Fsp3) is 0.261. The van der Waals surface area contributed by atoms with Gasteiger partial charge in [0, 0.05) is 12.1 Å². The Kier molecular flexibility index (Phi) is 7.46. The molecule has 0 aliphatic carbocycles. The second kappa shape index (κ2) is 10.5. The number of hydrogen-bond acceptors (Lipinski definition) is 6. The smallest absolute Gasteiger partial charge is 0.343 e. The van der Waals surface area contributed by atoms with Crippen molar-refractivity contribution in [3.8, 4) is 5.75 Å². The average molecular weight is 468 g/mol. The molecule has 11 heteroatoms. The molecule has 0 bridgehead atoms. The number of benzene rings is 2. The number of carboxylic acids is 2. The molecular formula is C23H24N4O7. The van der Waals surface area contributed by atoms with Gasteiger partial charge in [0.15, 0.2) is 5.96 Å². The topological polar surface area (TPSA) is 192 Å². The maximum Gasteiger partial charge on any atom is 0.343 e. The third kappa shape index (κ3) is 6.31. The fourth-order valence-electron chi connectivity index (χ4n) is 3.61. The van der Waals surface area contributed by atoms with Gasteiger partial charge in [0.05, 0.1) is 12.0 Å². The Morgan fingerprint density at radius 1 is 1.09 bits per heavy atom. The Balaban J connectivity index is 1.68. The number of esters is 1. The molecule has 1 aliphatic rings. The van der Waals surface area contributed by atoms with E-state index in [0.29, 0.717) is 35.4 Å². The van der Waals surface area contributed by atoms with Crippen LogP contribution in [0.1, 0.15) is 39.9 Å². The summed E-state index contributed by atoms with van der Waals surface area (Å²) in [5.74, 6) is -3.70. The summed E-state index contributed by atoms with van der Waals surface area (Å²) in [6.07, 6.45) is 0.615. The number of hydrogen-bond donors (Lipinski definition) is 6. The first-order valence-corrected chi connectivity index (χ1v) is 10.4. The van der Waals surface area contributed by atoms with Gasteiger partial charge in [-0.15, -0.1) is 0 Å². The first-order valence-electron chi connectivity index (χ1n) is 10.4. The van der Waals surface area contributed by atoms with Gasteiger partial charge in [0.2, 0.25) is 5.91 Å². The van der Waals surface area contributed by atoms with Gasteiger partial charge in [-0.25, -0.2) is 9.59 Å². The molecule has 0 saturated heterocycles. The van der Waals surface area contributed by atoms with Crippen molar-refractivity contribution in [2.75, 3.05) is 5.32 Å². The van der Waals surface area contributed by atoms with E-state index in [2.05, 4.69) is 10.6 Å². The Bertz CT molecular complexity index is 1160. The lowest BCUT2D eigenvalue weighted by molar-refractivity contribution is -0.147. The minimum atomic E-state index is -1.51. The summed E-state index contributed by atoms with van der Waals surface area (Å²) < 4.78 is 5.60. The number of anilines is 1. The zero-order chi connectivity index (χ0) is 24.8. The largest absolute Gasteiger partial charge is 0.481 e. The van der Waals surface area contributed by atoms with Crippen LogP contribution in [0.5, 0.6) is 5.75 Å². The van der Waals surface area contributed by atoms with E-state index < -0.39 is 36.3 Å². The quantitative estimate of drug-likeness (QED) is 0.143. The Morgan fingerprint density at radius 2 is 1.82 bits per heavy atom. The summed E-state index contributed by atoms with van der Waals surface area (Å²) in [5, 5.41) is 30.1. The molecule has 0 fully saturated rings. The van der Waals surface area contributed by atoms with Crippen LogP contribution in [-0.4, -0.2) is 46.0 Å². The summed E-state index contributed by atoms with van der Waals surface area (Å²) in [6.45, 7) is 0. The van der Waals surface area contributed by atoms with E-state index >= 15 is 0 Å². The van der Waals surface area contributed by atoms with E-state index in [9.17, 15) is 19.2 Å². The van der Waals surface area contributed by atoms with E-state index in [0.717, 1.165) is 11.1 Å². The molecule has 1 aliphatic heterocycles. The van der Waals surface area contributed by atoms with E-state index in [1.165, 1.54) is 0 Å². The predicted molar refractivity (Wildman–Crippen MR) is 121 cm³/mol. The SMILES string of the molecule is N=C(N)Nc1ccc2c(c1)CCc1ccc(CCC(=O)N[C@@H](CC(=O)O)C(=O)O)cc1OC2=O. The molecule has 2 aromatic rings. The number of aryl methyl sites for hydroxylation is 3. The van der Waals surface area contributed by atoms with Gasteiger partial charge >= 0.3 is 17.9 Å². The Morgan fingerprint density at radius 3 is 2.50 bits per heavy atom. The van der Waals surface area contributed by atoms with Gasteiger partial charge in [-0.2, -0.15) is 0 Å². The van der Waals surface area contributed by atoms with Crippen LogP contribution < -0.4 is 21.1 Å². The van der Waals surface area contributed by atoms with Crippen LogP contribution in [0, 0.1) is 5.41 Å². The lowest BCUT2D eigenvalue weighted by Crippen LogP contribution is -2.42. The minimum Gasteiger partial charge on any atom is -0.481 e. The van der Waals surface area contributed by atoms with Gasteiger partial charge in [-0.1, -0.05) is 12.1 Å². The fourth-order valence-corrected chi connectivity index (χ4v) is 3.61. The van der Waals surface area contributed by atoms with E-state index in [1.807, 2.05) is 6.07 Å². The number of nitrogens with one attached hydrogen (secondary N) is 3. The molecule has 1 heterocycles. The number of aliphatic carboxylic acids is 2. The molecule has 178 valence electrons. The van der Waals surface area contributed by atoms with Crippen LogP contribution in [0.2, 0.25) is 0 Å². The van der Waals surface area contributed by atoms with Crippen LogP contribution in [0.15, 0.2) is 36.4 Å². The third-order valence-electron chi connectivity index (χ3n) is 5.25. The molecule has 0 radical (unpaired) electrons. The number of nitrogens with two attached hydrogens (primary N) is 1. The standard InChI is InChI=1S/C23H24N4O7/c24-23(25)26-15-6-7-16-14(10-15)5-4-13-3-1-12(9-18(13)34-22(16)33)2-8-19(28)27-17(21(31)32)11-20(29)30/h1,3,6-7,9-10,17H,2,4-5,8,11H2,(H,27,28)(H,29,30)(H,31,32)(H4,24,25,26)/t17-/m0/s1. The van der Waals surface area contributed by atoms with Crippen molar-refractivity contribution in [2.24, 2.45) is 5.73 Å². The molecule has 7 N–H and O–H groups in total. The number of ether oxygens (including phenoxy) is 1. The monoisotopic (exact) mass is 468 g/mol. The van der Waals surface area contributed by atoms with Gasteiger partial charge in [-0.3, -0.25) is 15.0 Å². The molecular weight excluding hydrogens is 444 g/mol. The number of carboxylic acid groups (broad SMARTS) is 2. The number of rotatable bonds is 8. The van der Waals surface area contributed by atoms with E-state index in [-0.39, 0.29) is 18.8 Å². The summed E-state index contributed by atoms with van der Waals surface area (Å²) in [4.78, 5) is 46.7. The highest BCUT2D eigenvalue weighted by Gasteiger charge is 2.23. The number of guanidine groups is 1. The second-order valence-electron chi connectivity index (χ2n) is 7.80. The summed E-state index contributed by atoms with van der Waals surface area (Å²) in [6, 6.07) is 8.76. The number of carbonyl (C=O) groups is 4. The number of carbonyl (C=O) groups excluding carboxylic acids is 2. The van der Waals surface area contributed by atoms with Crippen LogP contribution in [0.25, 0.3) is 0 Å². The van der Waals surface area contributed by atoms with Crippen molar-refractivity contribution in [1.29, 1.82) is 5.41 Å². The molecule has 11 nitrogen and oxygen atoms in total. The van der Waals surface area contributed by atoms with Gasteiger partial charge in [0.1, 0.15) is 11.8 Å². The molecule has 1 amide bonds. The normalized spacial score (nSPS) is 13.2. The van der Waals surface area contributed by atoms with E-state index in [1.54, 1.807) is 30.3 Å². The molecule has 0 aromatic heterocycles. The van der Waals surface area contributed by atoms with Crippen LogP contribution >= 0.6 is 0 Å². The maximum absolute atomic E-state index is 12.7. The third-order valence-corrected chi connectivity index (χ3v) is 5.25. The van der Waals surface area contributed by atoms with Crippen LogP contribution in [0.4, 0.5) is 5.69 Å². The van der Waals surface area contributed by atoms with Gasteiger partial charge in [0.25, 0.3) is 0 Å². The van der Waals surface area contributed by atoms with Crippen molar-refractivity contribution in [2.45, 2.75) is 38.1 Å². The molecule has 0 spiro atoms. The molecule has 0 unspecified atom stereocenters. The van der Waals surface area contributed by atoms with Gasteiger partial charge < -0.3 is 31.3 Å². The molecule has 34 heavy (non-hydrogen) atoms. The highest BCUT2D eigenvalue weighted by molar-refractivity contribution is 5.95. The lowest BCUT2D eigenvalue weighted by Gasteiger charge is -2.18. The lowest BCUT2D eigenvalue weighted by atomic mass is 9.96. The second-order valence-corrected chi connectivity index (χ2v) is 7.80. The van der Waals surface area contributed by atoms with Gasteiger partial charge in [-0.05, 0) is 60.2 Å². The van der Waals surface area contributed by atoms with Crippen molar-refractivity contribution in [1.82, 2.24) is 5.32 Å². The summed E-state index contributed by atoms with van der Waals surface area (Å²) in [7, 11) is 0. The van der Waals surface area contributed by atoms with Crippen LogP contribution in [-0.2, 0) is 33.6 Å². The van der Waals surface area contributed by atoms with Crippen molar-refractivity contribution in [3.05, 3.63) is 58.7 Å². The number of fused-ring (bicyclic) bond motifs is 2. The zero-order valence-corrected chi connectivity index (χ0v) is 18.1. The molecule has 0 saturated carbocycles. The highest BCUT2D eigenvalue weighted by atomic mass is 16.5. The molecule has 3 rings (SSSR count). The zero-order valence-electron chi connectivity index (χ0n) is 18.1. The van der Waals surface area contributed by atoms with Crippen LogP contribution in [0.3, 0.4) is 0 Å². The maximum atomic E-state index is 12.7. The van der Waals surface area contributed by atoms with Crippen molar-refractivity contribution >= 4 is 35.5 Å². The van der Waals surface area contributed by atoms with E-state index in [4.69, 9.17) is 26.1 Å². The molecule has 2 aromatic carbocycles. The molecule has 1 atom stereocenters. The summed E-state index contributed by atoms with van der Waals surface area (Å²) >= 11 is 0. The highest BCUT2D eigenvalue weighted by Crippen LogP contribution is 2.29. The number of amides is 1. The Labute approximate surface area is 194 Å². The van der Waals surface area contributed by atoms with Crippen molar-refractivity contribution in [3.63, 3.8) is 0 Å². The average Bonchev–Trinajstić information content (AvgIpc) is 2.74. The minimum absolute atomic E-state index is 0.0646. The summed E-state index contributed by atoms with van der Waals surface area (Å²) in [5.41, 5.74) is 8.64. The first-order chi connectivity index (χ1) is 16.1.